The summed E-state index contributed by atoms with van der Waals surface area (Å²) in [7, 11) is 1.38. The number of carbonyl (C=O) groups is 1. The number of methoxy groups -OCH3 is 1. The minimum absolute atomic E-state index is 0.346. The molecule has 0 aliphatic rings. The lowest BCUT2D eigenvalue weighted by molar-refractivity contribution is -0.135. The Morgan fingerprint density at radius 3 is 2.34 bits per heavy atom. The lowest BCUT2D eigenvalue weighted by Gasteiger charge is -2.05. The maximum Gasteiger partial charge on any atom is 0.337 e. The van der Waals surface area contributed by atoms with Gasteiger partial charge in [-0.25, -0.2) is 4.79 Å². The summed E-state index contributed by atoms with van der Waals surface area (Å²) in [6.07, 6.45) is 13.0. The predicted octanol–water partition coefficient (Wildman–Crippen LogP) is 6.75. The summed E-state index contributed by atoms with van der Waals surface area (Å²) in [4.78, 5) is 11.6. The van der Waals surface area contributed by atoms with Crippen LogP contribution in [0.25, 0.3) is 28.0 Å². The summed E-state index contributed by atoms with van der Waals surface area (Å²) in [5.41, 5.74) is 4.08. The Balaban J connectivity index is 1.74. The van der Waals surface area contributed by atoms with E-state index in [9.17, 15) is 4.79 Å². The van der Waals surface area contributed by atoms with Crippen molar-refractivity contribution in [3.05, 3.63) is 114 Å². The number of rotatable bonds is 6. The van der Waals surface area contributed by atoms with Gasteiger partial charge < -0.3 is 4.74 Å². The molecule has 2 heteroatoms. The van der Waals surface area contributed by atoms with Crippen molar-refractivity contribution in [3.8, 4) is 11.1 Å². The Labute approximate surface area is 172 Å². The Hall–Kier alpha value is -3.65. The molecule has 3 aromatic carbocycles. The molecular weight excluding hydrogens is 356 g/mol. The molecule has 0 bridgehead atoms. The van der Waals surface area contributed by atoms with Gasteiger partial charge >= 0.3 is 5.97 Å². The lowest BCUT2D eigenvalue weighted by Crippen LogP contribution is -2.01. The largest absolute Gasteiger partial charge is 0.465 e. The zero-order valence-electron chi connectivity index (χ0n) is 16.7. The van der Waals surface area contributed by atoms with Crippen molar-refractivity contribution in [2.24, 2.45) is 0 Å². The molecule has 2 nitrogen and oxygen atoms in total. The summed E-state index contributed by atoms with van der Waals surface area (Å²) in [6, 6.07) is 23.4. The highest BCUT2D eigenvalue weighted by Gasteiger charge is 2.03. The van der Waals surface area contributed by atoms with Crippen molar-refractivity contribution >= 4 is 22.8 Å². The van der Waals surface area contributed by atoms with E-state index in [-0.39, 0.29) is 5.97 Å². The zero-order valence-corrected chi connectivity index (χ0v) is 16.7. The normalized spacial score (nSPS) is 12.4. The standard InChI is InChI=1S/C27H24O2/c1-3-10-23(27(28)29-2)14-9-4-6-11-21-15-16-26-20-25(18-17-24(26)19-21)22-12-7-5-8-13-22/h3-20H,1-2H3/b9-4?,10-3-,11-6?,23-14+. The van der Waals surface area contributed by atoms with Crippen LogP contribution in [0.15, 0.2) is 109 Å². The van der Waals surface area contributed by atoms with Gasteiger partial charge in [0.15, 0.2) is 0 Å². The Bertz CT molecular complexity index is 1100. The van der Waals surface area contributed by atoms with Crippen LogP contribution in [0.2, 0.25) is 0 Å². The molecule has 0 heterocycles. The average molecular weight is 380 g/mol. The molecule has 0 aliphatic heterocycles. The SMILES string of the molecule is C/C=C\C(=C/C=CC=Cc1ccc2cc(-c3ccccc3)ccc2c1)C(=O)OC. The molecule has 3 aromatic rings. The van der Waals surface area contributed by atoms with Crippen LogP contribution < -0.4 is 0 Å². The van der Waals surface area contributed by atoms with Gasteiger partial charge in [0.05, 0.1) is 12.7 Å². The highest BCUT2D eigenvalue weighted by atomic mass is 16.5. The van der Waals surface area contributed by atoms with Crippen LogP contribution in [0, 0.1) is 0 Å². The van der Waals surface area contributed by atoms with Crippen molar-refractivity contribution < 1.29 is 9.53 Å². The number of esters is 1. The topological polar surface area (TPSA) is 26.3 Å². The van der Waals surface area contributed by atoms with Crippen LogP contribution in [-0.4, -0.2) is 13.1 Å². The molecule has 29 heavy (non-hydrogen) atoms. The first-order chi connectivity index (χ1) is 14.2. The highest BCUT2D eigenvalue weighted by Crippen LogP contribution is 2.25. The molecule has 0 atom stereocenters. The van der Waals surface area contributed by atoms with Crippen molar-refractivity contribution in [2.75, 3.05) is 7.11 Å². The molecule has 3 rings (SSSR count). The summed E-state index contributed by atoms with van der Waals surface area (Å²) < 4.78 is 4.76. The van der Waals surface area contributed by atoms with Crippen LogP contribution >= 0.6 is 0 Å². The smallest absolute Gasteiger partial charge is 0.337 e. The van der Waals surface area contributed by atoms with Crippen molar-refractivity contribution in [3.63, 3.8) is 0 Å². The van der Waals surface area contributed by atoms with Crippen molar-refractivity contribution in [1.82, 2.24) is 0 Å². The minimum Gasteiger partial charge on any atom is -0.465 e. The molecule has 144 valence electrons. The van der Waals surface area contributed by atoms with Crippen LogP contribution in [0.1, 0.15) is 12.5 Å². The second-order valence-electron chi connectivity index (χ2n) is 6.54. The van der Waals surface area contributed by atoms with E-state index in [0.29, 0.717) is 5.57 Å². The first-order valence-corrected chi connectivity index (χ1v) is 9.56. The number of hydrogen-bond donors (Lipinski definition) is 0. The summed E-state index contributed by atoms with van der Waals surface area (Å²) in [5, 5.41) is 2.42. The van der Waals surface area contributed by atoms with Gasteiger partial charge in [-0.3, -0.25) is 0 Å². The molecule has 0 N–H and O–H groups in total. The quantitative estimate of drug-likeness (QED) is 0.268. The van der Waals surface area contributed by atoms with Crippen LogP contribution in [-0.2, 0) is 9.53 Å². The number of carbonyl (C=O) groups excluding carboxylic acids is 1. The molecule has 0 saturated heterocycles. The molecule has 0 amide bonds. The van der Waals surface area contributed by atoms with Gasteiger partial charge in [-0.1, -0.05) is 91.1 Å². The highest BCUT2D eigenvalue weighted by molar-refractivity contribution is 5.92. The molecular formula is C27H24O2. The molecule has 0 aromatic heterocycles. The van der Waals surface area contributed by atoms with Gasteiger partial charge in [0.2, 0.25) is 0 Å². The fourth-order valence-electron chi connectivity index (χ4n) is 3.06. The van der Waals surface area contributed by atoms with E-state index in [4.69, 9.17) is 4.74 Å². The second kappa shape index (κ2) is 10.0. The molecule has 0 saturated carbocycles. The lowest BCUT2D eigenvalue weighted by atomic mass is 10.00. The zero-order chi connectivity index (χ0) is 20.5. The van der Waals surface area contributed by atoms with Gasteiger partial charge in [-0.2, -0.15) is 0 Å². The van der Waals surface area contributed by atoms with E-state index >= 15 is 0 Å². The summed E-state index contributed by atoms with van der Waals surface area (Å²) in [6.45, 7) is 1.86. The van der Waals surface area contributed by atoms with Gasteiger partial charge in [-0.05, 0) is 52.6 Å². The van der Waals surface area contributed by atoms with Gasteiger partial charge in [0.1, 0.15) is 0 Å². The van der Waals surface area contributed by atoms with E-state index in [1.165, 1.54) is 29.0 Å². The third kappa shape index (κ3) is 5.43. The number of ether oxygens (including phenoxy) is 1. The molecule has 0 fully saturated rings. The van der Waals surface area contributed by atoms with E-state index < -0.39 is 0 Å². The van der Waals surface area contributed by atoms with E-state index in [2.05, 4.69) is 60.7 Å². The Morgan fingerprint density at radius 2 is 1.59 bits per heavy atom. The number of allylic oxidation sites excluding steroid dienone is 5. The van der Waals surface area contributed by atoms with E-state index in [1.54, 1.807) is 12.2 Å². The van der Waals surface area contributed by atoms with Gasteiger partial charge in [-0.15, -0.1) is 0 Å². The Morgan fingerprint density at radius 1 is 0.828 bits per heavy atom. The van der Waals surface area contributed by atoms with E-state index in [1.807, 2.05) is 43.4 Å². The molecule has 0 aliphatic carbocycles. The molecule has 0 unspecified atom stereocenters. The maximum atomic E-state index is 11.6. The van der Waals surface area contributed by atoms with Crippen LogP contribution in [0.5, 0.6) is 0 Å². The van der Waals surface area contributed by atoms with Crippen LogP contribution in [0.4, 0.5) is 0 Å². The minimum atomic E-state index is -0.346. The monoisotopic (exact) mass is 380 g/mol. The first-order valence-electron chi connectivity index (χ1n) is 9.56. The van der Waals surface area contributed by atoms with Crippen molar-refractivity contribution in [1.29, 1.82) is 0 Å². The number of benzene rings is 3. The fourth-order valence-corrected chi connectivity index (χ4v) is 3.06. The molecule has 0 spiro atoms. The van der Waals surface area contributed by atoms with Crippen LogP contribution in [0.3, 0.4) is 0 Å². The number of hydrogen-bond acceptors (Lipinski definition) is 2. The predicted molar refractivity (Wildman–Crippen MR) is 122 cm³/mol. The van der Waals surface area contributed by atoms with Gasteiger partial charge in [0, 0.05) is 0 Å². The third-order valence-electron chi connectivity index (χ3n) is 4.53. The maximum absolute atomic E-state index is 11.6. The third-order valence-corrected chi connectivity index (χ3v) is 4.53. The number of fused-ring (bicyclic) bond motifs is 1. The second-order valence-corrected chi connectivity index (χ2v) is 6.54. The van der Waals surface area contributed by atoms with Gasteiger partial charge in [0.25, 0.3) is 0 Å². The Kier molecular flexibility index (Phi) is 6.96. The van der Waals surface area contributed by atoms with E-state index in [0.717, 1.165) is 5.56 Å². The summed E-state index contributed by atoms with van der Waals surface area (Å²) >= 11 is 0. The molecule has 0 radical (unpaired) electrons. The average Bonchev–Trinajstić information content (AvgIpc) is 2.77. The van der Waals surface area contributed by atoms with Crippen molar-refractivity contribution in [2.45, 2.75) is 6.92 Å². The summed E-state index contributed by atoms with van der Waals surface area (Å²) in [5.74, 6) is -0.346. The fraction of sp³-hybridized carbons (Fsp3) is 0.0741. The first kappa shape index (κ1) is 20.1.